The van der Waals surface area contributed by atoms with E-state index < -0.39 is 20.0 Å². The number of aromatic nitrogens is 2. The Balaban J connectivity index is 0.000000201. The number of hydrogen-bond acceptors (Lipinski definition) is 6. The molecule has 36 heavy (non-hydrogen) atoms. The van der Waals surface area contributed by atoms with Crippen LogP contribution in [-0.4, -0.2) is 26.8 Å². The molecule has 0 amide bonds. The van der Waals surface area contributed by atoms with Crippen LogP contribution in [0.5, 0.6) is 0 Å². The maximum Gasteiger partial charge on any atom is 0.263 e. The van der Waals surface area contributed by atoms with Gasteiger partial charge in [-0.1, -0.05) is 35.4 Å². The first-order chi connectivity index (χ1) is 16.9. The summed E-state index contributed by atoms with van der Waals surface area (Å²) in [6, 6.07) is 20.3. The molecular formula is C26H28N4O4S2. The minimum absolute atomic E-state index is 0.233. The number of rotatable bonds is 6. The number of pyridine rings is 2. The molecule has 0 aliphatic heterocycles. The summed E-state index contributed by atoms with van der Waals surface area (Å²) in [4.78, 5) is 8.42. The Bertz CT molecular complexity index is 1420. The molecule has 0 bridgehead atoms. The monoisotopic (exact) mass is 524 g/mol. The molecule has 4 aromatic rings. The summed E-state index contributed by atoms with van der Waals surface area (Å²) in [5.41, 5.74) is 3.93. The maximum atomic E-state index is 12.1. The molecule has 2 aromatic heterocycles. The molecule has 2 heterocycles. The highest BCUT2D eigenvalue weighted by atomic mass is 32.2. The van der Waals surface area contributed by atoms with E-state index in [1.165, 1.54) is 0 Å². The molecule has 0 unspecified atom stereocenters. The molecule has 8 nitrogen and oxygen atoms in total. The van der Waals surface area contributed by atoms with Crippen LogP contribution in [0.4, 0.5) is 11.6 Å². The molecule has 0 radical (unpaired) electrons. The molecule has 0 fully saturated rings. The van der Waals surface area contributed by atoms with E-state index in [2.05, 4.69) is 19.4 Å². The van der Waals surface area contributed by atoms with Gasteiger partial charge >= 0.3 is 0 Å². The first kappa shape index (κ1) is 26.8. The van der Waals surface area contributed by atoms with Crippen molar-refractivity contribution in [1.82, 2.24) is 9.97 Å². The Hall–Kier alpha value is -3.76. The van der Waals surface area contributed by atoms with Gasteiger partial charge in [-0.15, -0.1) is 0 Å². The third kappa shape index (κ3) is 7.62. The average molecular weight is 525 g/mol. The van der Waals surface area contributed by atoms with Crippen LogP contribution < -0.4 is 9.44 Å². The van der Waals surface area contributed by atoms with Gasteiger partial charge in [-0.3, -0.25) is 9.44 Å². The lowest BCUT2D eigenvalue weighted by molar-refractivity contribution is 0.599. The van der Waals surface area contributed by atoms with Gasteiger partial charge in [-0.25, -0.2) is 26.8 Å². The lowest BCUT2D eigenvalue weighted by Crippen LogP contribution is -2.13. The molecule has 0 saturated heterocycles. The van der Waals surface area contributed by atoms with Crippen LogP contribution in [0.15, 0.2) is 95.0 Å². The second-order valence-electron chi connectivity index (χ2n) is 8.27. The van der Waals surface area contributed by atoms with E-state index in [4.69, 9.17) is 0 Å². The van der Waals surface area contributed by atoms with Gasteiger partial charge in [0.15, 0.2) is 0 Å². The second-order valence-corrected chi connectivity index (χ2v) is 11.6. The number of nitrogens with one attached hydrogen (secondary N) is 2. The fourth-order valence-electron chi connectivity index (χ4n) is 3.01. The van der Waals surface area contributed by atoms with E-state index in [9.17, 15) is 16.8 Å². The van der Waals surface area contributed by atoms with Gasteiger partial charge in [0, 0.05) is 12.4 Å². The van der Waals surface area contributed by atoms with Crippen molar-refractivity contribution in [3.63, 3.8) is 0 Å². The van der Waals surface area contributed by atoms with Gasteiger partial charge < -0.3 is 0 Å². The van der Waals surface area contributed by atoms with Gasteiger partial charge in [0.25, 0.3) is 20.0 Å². The first-order valence-electron chi connectivity index (χ1n) is 11.0. The van der Waals surface area contributed by atoms with Crippen LogP contribution in [0, 0.1) is 27.7 Å². The van der Waals surface area contributed by atoms with Crippen LogP contribution in [0.2, 0.25) is 0 Å². The third-order valence-corrected chi connectivity index (χ3v) is 7.71. The molecule has 2 aromatic carbocycles. The van der Waals surface area contributed by atoms with Gasteiger partial charge in [0.05, 0.1) is 9.79 Å². The van der Waals surface area contributed by atoms with Gasteiger partial charge in [0.2, 0.25) is 0 Å². The van der Waals surface area contributed by atoms with Crippen LogP contribution in [0.3, 0.4) is 0 Å². The smallest absolute Gasteiger partial charge is 0.263 e. The number of sulfonamides is 2. The van der Waals surface area contributed by atoms with E-state index in [-0.39, 0.29) is 9.79 Å². The topological polar surface area (TPSA) is 118 Å². The van der Waals surface area contributed by atoms with E-state index in [1.807, 2.05) is 39.8 Å². The van der Waals surface area contributed by atoms with Gasteiger partial charge in [-0.05, 0) is 87.4 Å². The van der Waals surface area contributed by atoms with Crippen molar-refractivity contribution in [2.45, 2.75) is 37.5 Å². The van der Waals surface area contributed by atoms with Gasteiger partial charge in [0.1, 0.15) is 11.6 Å². The molecule has 0 spiro atoms. The van der Waals surface area contributed by atoms with Crippen molar-refractivity contribution in [1.29, 1.82) is 0 Å². The Labute approximate surface area is 212 Å². The SMILES string of the molecule is Cc1ccc(S(=O)(=O)Nc2cc(C)ccn2)cc1.Cc1ccc(S(=O)(=O)Nc2cc(C)ccn2)cc1. The fraction of sp³-hybridized carbons (Fsp3) is 0.154. The summed E-state index contributed by atoms with van der Waals surface area (Å²) in [6.45, 7) is 7.58. The molecule has 0 aliphatic rings. The van der Waals surface area contributed by atoms with E-state index in [0.29, 0.717) is 11.6 Å². The normalized spacial score (nSPS) is 11.2. The Morgan fingerprint density at radius 3 is 1.14 bits per heavy atom. The van der Waals surface area contributed by atoms with E-state index in [0.717, 1.165) is 22.3 Å². The predicted octanol–water partition coefficient (Wildman–Crippen LogP) is 5.00. The summed E-state index contributed by atoms with van der Waals surface area (Å²) in [5, 5.41) is 0. The zero-order valence-electron chi connectivity index (χ0n) is 20.4. The predicted molar refractivity (Wildman–Crippen MR) is 142 cm³/mol. The summed E-state index contributed by atoms with van der Waals surface area (Å²) >= 11 is 0. The lowest BCUT2D eigenvalue weighted by Gasteiger charge is -2.07. The second kappa shape index (κ2) is 11.3. The number of aryl methyl sites for hydroxylation is 4. The Morgan fingerprint density at radius 2 is 0.833 bits per heavy atom. The average Bonchev–Trinajstić information content (AvgIpc) is 2.79. The summed E-state index contributed by atoms with van der Waals surface area (Å²) in [7, 11) is -7.12. The quantitative estimate of drug-likeness (QED) is 0.367. The number of benzene rings is 2. The first-order valence-corrected chi connectivity index (χ1v) is 14.0. The molecule has 0 atom stereocenters. The van der Waals surface area contributed by atoms with Crippen molar-refractivity contribution >= 4 is 31.7 Å². The summed E-state index contributed by atoms with van der Waals surface area (Å²) < 4.78 is 53.2. The fourth-order valence-corrected chi connectivity index (χ4v) is 5.01. The van der Waals surface area contributed by atoms with Crippen molar-refractivity contribution in [3.05, 3.63) is 107 Å². The lowest BCUT2D eigenvalue weighted by atomic mass is 10.2. The zero-order valence-corrected chi connectivity index (χ0v) is 22.1. The highest BCUT2D eigenvalue weighted by molar-refractivity contribution is 7.93. The summed E-state index contributed by atoms with van der Waals surface area (Å²) in [6.07, 6.45) is 3.14. The third-order valence-electron chi connectivity index (χ3n) is 4.97. The summed E-state index contributed by atoms with van der Waals surface area (Å²) in [5.74, 6) is 0.658. The highest BCUT2D eigenvalue weighted by Gasteiger charge is 2.15. The molecule has 2 N–H and O–H groups in total. The van der Waals surface area contributed by atoms with E-state index in [1.54, 1.807) is 73.1 Å². The minimum Gasteiger partial charge on any atom is -0.263 e. The molecule has 0 saturated carbocycles. The van der Waals surface area contributed by atoms with Crippen molar-refractivity contribution < 1.29 is 16.8 Å². The molecule has 188 valence electrons. The number of anilines is 2. The molecular weight excluding hydrogens is 496 g/mol. The van der Waals surface area contributed by atoms with Gasteiger partial charge in [-0.2, -0.15) is 0 Å². The Morgan fingerprint density at radius 1 is 0.500 bits per heavy atom. The number of nitrogens with zero attached hydrogens (tertiary/aromatic N) is 2. The van der Waals surface area contributed by atoms with Crippen molar-refractivity contribution in [2.75, 3.05) is 9.44 Å². The van der Waals surface area contributed by atoms with Crippen LogP contribution in [0.25, 0.3) is 0 Å². The van der Waals surface area contributed by atoms with Crippen LogP contribution in [0.1, 0.15) is 22.3 Å². The van der Waals surface area contributed by atoms with Crippen molar-refractivity contribution in [2.24, 2.45) is 0 Å². The minimum atomic E-state index is -3.56. The highest BCUT2D eigenvalue weighted by Crippen LogP contribution is 2.16. The molecule has 0 aliphatic carbocycles. The number of hydrogen-bond donors (Lipinski definition) is 2. The largest absolute Gasteiger partial charge is 0.263 e. The van der Waals surface area contributed by atoms with Crippen LogP contribution in [-0.2, 0) is 20.0 Å². The maximum absolute atomic E-state index is 12.1. The zero-order chi connectivity index (χ0) is 26.3. The van der Waals surface area contributed by atoms with Crippen molar-refractivity contribution in [3.8, 4) is 0 Å². The standard InChI is InChI=1S/2C13H14N2O2S/c2*1-10-3-5-12(6-4-10)18(16,17)15-13-9-11(2)7-8-14-13/h2*3-9H,1-2H3,(H,14,15). The Kier molecular flexibility index (Phi) is 8.44. The van der Waals surface area contributed by atoms with E-state index >= 15 is 0 Å². The molecule has 10 heteroatoms. The van der Waals surface area contributed by atoms with Crippen LogP contribution >= 0.6 is 0 Å². The molecule has 4 rings (SSSR count).